The van der Waals surface area contributed by atoms with Crippen LogP contribution in [-0.4, -0.2) is 14.6 Å². The Labute approximate surface area is 56.2 Å². The quantitative estimate of drug-likeness (QED) is 0.431. The molecule has 1 aromatic heterocycles. The van der Waals surface area contributed by atoms with Crippen LogP contribution in [0, 0.1) is 10.1 Å². The van der Waals surface area contributed by atoms with Gasteiger partial charge in [0.05, 0.1) is 0 Å². The molecule has 0 bridgehead atoms. The first kappa shape index (κ1) is 6.53. The van der Waals surface area contributed by atoms with E-state index in [1.165, 1.54) is 10.8 Å². The highest BCUT2D eigenvalue weighted by Gasteiger charge is 2.02. The van der Waals surface area contributed by atoms with E-state index in [0.717, 1.165) is 0 Å². The van der Waals surface area contributed by atoms with E-state index in [9.17, 15) is 10.1 Å². The summed E-state index contributed by atoms with van der Waals surface area (Å²) in [5, 5.41) is 8.85. The van der Waals surface area contributed by atoms with Crippen molar-refractivity contribution in [3.8, 4) is 6.01 Å². The average Bonchev–Trinajstić information content (AvgIpc) is 2.15. The van der Waals surface area contributed by atoms with Crippen molar-refractivity contribution >= 4 is 0 Å². The maximum atomic E-state index is 9.75. The molecular weight excluding hydrogens is 138 g/mol. The van der Waals surface area contributed by atoms with Gasteiger partial charge >= 0.3 is 5.09 Å². The smallest absolute Gasteiger partial charge is 0.302 e. The van der Waals surface area contributed by atoms with Crippen LogP contribution in [-0.2, 0) is 7.05 Å². The lowest BCUT2D eigenvalue weighted by Gasteiger charge is -1.94. The lowest BCUT2D eigenvalue weighted by molar-refractivity contribution is -0.713. The van der Waals surface area contributed by atoms with Gasteiger partial charge in [-0.15, -0.1) is 10.1 Å². The third kappa shape index (κ3) is 1.22. The minimum absolute atomic E-state index is 0.0231. The van der Waals surface area contributed by atoms with Crippen molar-refractivity contribution in [1.82, 2.24) is 9.55 Å². The summed E-state index contributed by atoms with van der Waals surface area (Å²) in [7, 11) is 1.60. The maximum Gasteiger partial charge on any atom is 0.302 e. The first-order valence-corrected chi connectivity index (χ1v) is 2.50. The first-order valence-electron chi connectivity index (χ1n) is 2.50. The normalized spacial score (nSPS) is 9.30. The van der Waals surface area contributed by atoms with Crippen LogP contribution >= 0.6 is 0 Å². The molecule has 0 spiro atoms. The van der Waals surface area contributed by atoms with Crippen LogP contribution in [0.2, 0.25) is 0 Å². The van der Waals surface area contributed by atoms with Gasteiger partial charge in [-0.2, -0.15) is 0 Å². The molecule has 0 aromatic carbocycles. The van der Waals surface area contributed by atoms with Crippen LogP contribution < -0.4 is 4.84 Å². The van der Waals surface area contributed by atoms with Crippen molar-refractivity contribution in [1.29, 1.82) is 0 Å². The van der Waals surface area contributed by atoms with Crippen LogP contribution in [0.5, 0.6) is 6.01 Å². The van der Waals surface area contributed by atoms with Crippen LogP contribution in [0.25, 0.3) is 0 Å². The van der Waals surface area contributed by atoms with Gasteiger partial charge in [0.1, 0.15) is 0 Å². The second-order valence-electron chi connectivity index (χ2n) is 1.64. The predicted molar refractivity (Wildman–Crippen MR) is 30.8 cm³/mol. The number of aromatic nitrogens is 2. The molecule has 10 heavy (non-hydrogen) atoms. The Kier molecular flexibility index (Phi) is 1.53. The lowest BCUT2D eigenvalue weighted by Crippen LogP contribution is -2.07. The number of rotatable bonds is 2. The first-order chi connectivity index (χ1) is 4.70. The van der Waals surface area contributed by atoms with Crippen molar-refractivity contribution in [2.45, 2.75) is 0 Å². The summed E-state index contributed by atoms with van der Waals surface area (Å²) in [6, 6.07) is -0.0231. The number of hydrogen-bond donors (Lipinski definition) is 0. The topological polar surface area (TPSA) is 70.2 Å². The minimum Gasteiger partial charge on any atom is -0.315 e. The largest absolute Gasteiger partial charge is 0.315 e. The Hall–Kier alpha value is -1.59. The number of imidazole rings is 1. The van der Waals surface area contributed by atoms with Crippen molar-refractivity contribution in [3.63, 3.8) is 0 Å². The maximum absolute atomic E-state index is 9.75. The highest BCUT2D eigenvalue weighted by atomic mass is 17.0. The average molecular weight is 143 g/mol. The van der Waals surface area contributed by atoms with Crippen LogP contribution in [0.3, 0.4) is 0 Å². The van der Waals surface area contributed by atoms with Gasteiger partial charge in [0.25, 0.3) is 6.01 Å². The SMILES string of the molecule is Cn1ccnc1O[N+](=O)[O-]. The summed E-state index contributed by atoms with van der Waals surface area (Å²) in [6.07, 6.45) is 2.97. The Bertz CT molecular complexity index is 244. The van der Waals surface area contributed by atoms with Gasteiger partial charge in [0.2, 0.25) is 0 Å². The molecule has 0 saturated carbocycles. The molecule has 0 saturated heterocycles. The predicted octanol–water partition coefficient (Wildman–Crippen LogP) is -0.00940. The molecule has 0 radical (unpaired) electrons. The van der Waals surface area contributed by atoms with E-state index in [4.69, 9.17) is 0 Å². The van der Waals surface area contributed by atoms with Crippen LogP contribution in [0.15, 0.2) is 12.4 Å². The summed E-state index contributed by atoms with van der Waals surface area (Å²) < 4.78 is 1.41. The molecule has 0 aliphatic heterocycles. The summed E-state index contributed by atoms with van der Waals surface area (Å²) >= 11 is 0. The molecular formula is C4H5N3O3. The highest BCUT2D eigenvalue weighted by molar-refractivity contribution is 4.94. The molecule has 6 heteroatoms. The Morgan fingerprint density at radius 3 is 3.00 bits per heavy atom. The Morgan fingerprint density at radius 2 is 2.60 bits per heavy atom. The van der Waals surface area contributed by atoms with Crippen molar-refractivity contribution in [2.24, 2.45) is 7.05 Å². The monoisotopic (exact) mass is 143 g/mol. The minimum atomic E-state index is -0.900. The van der Waals surface area contributed by atoms with Gasteiger partial charge < -0.3 is 4.57 Å². The zero-order valence-electron chi connectivity index (χ0n) is 5.22. The zero-order chi connectivity index (χ0) is 7.56. The van der Waals surface area contributed by atoms with Crippen molar-refractivity contribution in [3.05, 3.63) is 22.5 Å². The van der Waals surface area contributed by atoms with Gasteiger partial charge in [-0.1, -0.05) is 0 Å². The van der Waals surface area contributed by atoms with Crippen molar-refractivity contribution < 1.29 is 9.92 Å². The fraction of sp³-hybridized carbons (Fsp3) is 0.250. The molecule has 1 heterocycles. The van der Waals surface area contributed by atoms with Gasteiger partial charge in [0, 0.05) is 19.4 Å². The molecule has 54 valence electrons. The number of hydrogen-bond acceptors (Lipinski definition) is 4. The van der Waals surface area contributed by atoms with E-state index in [1.807, 2.05) is 0 Å². The molecule has 0 atom stereocenters. The summed E-state index contributed by atoms with van der Waals surface area (Å²) in [5.41, 5.74) is 0. The van der Waals surface area contributed by atoms with Crippen molar-refractivity contribution in [2.75, 3.05) is 0 Å². The molecule has 0 amide bonds. The second-order valence-corrected chi connectivity index (χ2v) is 1.64. The number of nitrogens with zero attached hydrogens (tertiary/aromatic N) is 3. The Balaban J connectivity index is 2.74. The molecule has 0 aliphatic rings. The molecule has 6 nitrogen and oxygen atoms in total. The van der Waals surface area contributed by atoms with Gasteiger partial charge in [-0.05, 0) is 0 Å². The molecule has 0 unspecified atom stereocenters. The fourth-order valence-electron chi connectivity index (χ4n) is 0.507. The highest BCUT2D eigenvalue weighted by Crippen LogP contribution is 2.02. The fourth-order valence-corrected chi connectivity index (χ4v) is 0.507. The zero-order valence-corrected chi connectivity index (χ0v) is 5.22. The van der Waals surface area contributed by atoms with Gasteiger partial charge in [-0.3, -0.25) is 0 Å². The molecule has 1 rings (SSSR count). The summed E-state index contributed by atoms with van der Waals surface area (Å²) in [4.78, 5) is 17.4. The molecule has 0 fully saturated rings. The Morgan fingerprint density at radius 1 is 1.90 bits per heavy atom. The van der Waals surface area contributed by atoms with Crippen LogP contribution in [0.4, 0.5) is 0 Å². The van der Waals surface area contributed by atoms with Crippen LogP contribution in [0.1, 0.15) is 0 Å². The third-order valence-corrected chi connectivity index (χ3v) is 0.933. The number of aryl methyl sites for hydroxylation is 1. The van der Waals surface area contributed by atoms with Gasteiger partial charge in [-0.25, -0.2) is 9.82 Å². The van der Waals surface area contributed by atoms with E-state index in [0.29, 0.717) is 0 Å². The van der Waals surface area contributed by atoms with E-state index < -0.39 is 5.09 Å². The molecule has 0 aliphatic carbocycles. The second kappa shape index (κ2) is 2.34. The molecule has 0 N–H and O–H groups in total. The van der Waals surface area contributed by atoms with E-state index >= 15 is 0 Å². The lowest BCUT2D eigenvalue weighted by atomic mass is 10.9. The van der Waals surface area contributed by atoms with E-state index in [2.05, 4.69) is 9.82 Å². The standard InChI is InChI=1S/C4H5N3O3/c1-6-3-2-5-4(6)10-7(8)9/h2-3H,1H3. The van der Waals surface area contributed by atoms with E-state index in [-0.39, 0.29) is 6.01 Å². The van der Waals surface area contributed by atoms with E-state index in [1.54, 1.807) is 13.2 Å². The summed E-state index contributed by atoms with van der Waals surface area (Å²) in [5.74, 6) is 0. The molecule has 1 aromatic rings. The third-order valence-electron chi connectivity index (χ3n) is 0.933. The van der Waals surface area contributed by atoms with Gasteiger partial charge in [0.15, 0.2) is 0 Å². The summed E-state index contributed by atoms with van der Waals surface area (Å²) in [6.45, 7) is 0.